The van der Waals surface area contributed by atoms with Crippen molar-refractivity contribution in [3.05, 3.63) is 59.7 Å². The Balaban J connectivity index is 1.40. The number of carbonyl (C=O) groups excluding carboxylic acids is 1. The van der Waals surface area contributed by atoms with Gasteiger partial charge in [0.05, 0.1) is 12.4 Å². The molecule has 0 radical (unpaired) electrons. The van der Waals surface area contributed by atoms with Crippen molar-refractivity contribution in [3.8, 4) is 0 Å². The molecular formula is C21H24N4O3. The fourth-order valence-corrected chi connectivity index (χ4v) is 4.44. The SMILES string of the molecule is O=C(O)c1cnc(C(=O)N2CCC3(CCCN(Cc4ccccc4)C3)C2)cn1. The fraction of sp³-hybridized carbons (Fsp3) is 0.429. The van der Waals surface area contributed by atoms with E-state index >= 15 is 0 Å². The van der Waals surface area contributed by atoms with Crippen LogP contribution in [0.1, 0.15) is 45.8 Å². The van der Waals surface area contributed by atoms with Crippen LogP contribution in [0.3, 0.4) is 0 Å². The van der Waals surface area contributed by atoms with E-state index in [0.29, 0.717) is 6.54 Å². The molecule has 1 N–H and O–H groups in total. The number of piperidine rings is 1. The standard InChI is InChI=1S/C21H24N4O3/c26-19(17-11-23-18(12-22-17)20(27)28)25-10-8-21(15-25)7-4-9-24(14-21)13-16-5-2-1-3-6-16/h1-3,5-6,11-12H,4,7-10,13-15H2,(H,27,28). The van der Waals surface area contributed by atoms with E-state index in [-0.39, 0.29) is 22.7 Å². The van der Waals surface area contributed by atoms with E-state index in [4.69, 9.17) is 5.11 Å². The number of hydrogen-bond acceptors (Lipinski definition) is 5. The number of nitrogens with zero attached hydrogens (tertiary/aromatic N) is 4. The van der Waals surface area contributed by atoms with Gasteiger partial charge in [-0.3, -0.25) is 9.69 Å². The summed E-state index contributed by atoms with van der Waals surface area (Å²) in [6.45, 7) is 4.46. The molecule has 1 spiro atoms. The summed E-state index contributed by atoms with van der Waals surface area (Å²) in [5, 5.41) is 8.92. The van der Waals surface area contributed by atoms with Gasteiger partial charge in [-0.15, -0.1) is 0 Å². The second-order valence-electron chi connectivity index (χ2n) is 7.87. The van der Waals surface area contributed by atoms with Gasteiger partial charge in [0, 0.05) is 31.6 Å². The van der Waals surface area contributed by atoms with Crippen molar-refractivity contribution >= 4 is 11.9 Å². The molecule has 2 saturated heterocycles. The molecule has 1 atom stereocenters. The summed E-state index contributed by atoms with van der Waals surface area (Å²) in [6.07, 6.45) is 5.67. The molecule has 28 heavy (non-hydrogen) atoms. The van der Waals surface area contributed by atoms with Crippen LogP contribution in [0.25, 0.3) is 0 Å². The van der Waals surface area contributed by atoms with Gasteiger partial charge in [0.25, 0.3) is 5.91 Å². The number of aromatic nitrogens is 2. The van der Waals surface area contributed by atoms with E-state index in [9.17, 15) is 9.59 Å². The molecular weight excluding hydrogens is 356 g/mol. The Kier molecular flexibility index (Phi) is 5.09. The molecule has 2 aliphatic heterocycles. The summed E-state index contributed by atoms with van der Waals surface area (Å²) < 4.78 is 0. The molecule has 1 aromatic heterocycles. The second-order valence-corrected chi connectivity index (χ2v) is 7.87. The Hall–Kier alpha value is -2.80. The Morgan fingerprint density at radius 1 is 1.00 bits per heavy atom. The molecule has 0 bridgehead atoms. The van der Waals surface area contributed by atoms with Crippen molar-refractivity contribution in [2.75, 3.05) is 26.2 Å². The minimum atomic E-state index is -1.15. The normalized spacial score (nSPS) is 22.5. The number of amides is 1. The zero-order valence-electron chi connectivity index (χ0n) is 15.8. The van der Waals surface area contributed by atoms with Crippen molar-refractivity contribution in [1.82, 2.24) is 19.8 Å². The van der Waals surface area contributed by atoms with E-state index in [1.54, 1.807) is 0 Å². The molecule has 2 fully saturated rings. The number of carboxylic acids is 1. The van der Waals surface area contributed by atoms with Crippen molar-refractivity contribution in [2.24, 2.45) is 5.41 Å². The smallest absolute Gasteiger partial charge is 0.356 e. The van der Waals surface area contributed by atoms with Gasteiger partial charge in [-0.2, -0.15) is 0 Å². The van der Waals surface area contributed by atoms with E-state index in [1.165, 1.54) is 11.8 Å². The third-order valence-corrected chi connectivity index (χ3v) is 5.81. The quantitative estimate of drug-likeness (QED) is 0.876. The lowest BCUT2D eigenvalue weighted by atomic mass is 9.79. The number of rotatable bonds is 4. The fourth-order valence-electron chi connectivity index (χ4n) is 4.44. The molecule has 7 heteroatoms. The Bertz CT molecular complexity index is 856. The van der Waals surface area contributed by atoms with Crippen LogP contribution in [0.5, 0.6) is 0 Å². The number of carbonyl (C=O) groups is 2. The first-order valence-corrected chi connectivity index (χ1v) is 9.66. The average Bonchev–Trinajstić information content (AvgIpc) is 3.11. The topological polar surface area (TPSA) is 86.6 Å². The molecule has 1 unspecified atom stereocenters. The van der Waals surface area contributed by atoms with Gasteiger partial charge in [-0.05, 0) is 31.4 Å². The Morgan fingerprint density at radius 2 is 1.75 bits per heavy atom. The first kappa shape index (κ1) is 18.6. The van der Waals surface area contributed by atoms with E-state index < -0.39 is 5.97 Å². The summed E-state index contributed by atoms with van der Waals surface area (Å²) in [4.78, 5) is 35.8. The van der Waals surface area contributed by atoms with Gasteiger partial charge in [0.1, 0.15) is 5.69 Å². The number of benzene rings is 1. The highest BCUT2D eigenvalue weighted by atomic mass is 16.4. The number of aromatic carboxylic acids is 1. The van der Waals surface area contributed by atoms with Crippen LogP contribution in [-0.2, 0) is 6.54 Å². The third-order valence-electron chi connectivity index (χ3n) is 5.81. The van der Waals surface area contributed by atoms with Crippen LogP contribution in [0.2, 0.25) is 0 Å². The lowest BCUT2D eigenvalue weighted by molar-refractivity contribution is 0.0664. The van der Waals surface area contributed by atoms with Crippen LogP contribution in [0.4, 0.5) is 0 Å². The second kappa shape index (κ2) is 7.67. The van der Waals surface area contributed by atoms with Gasteiger partial charge in [0.2, 0.25) is 0 Å². The molecule has 0 aliphatic carbocycles. The number of likely N-dealkylation sites (tertiary alicyclic amines) is 2. The Labute approximate surface area is 164 Å². The summed E-state index contributed by atoms with van der Waals surface area (Å²) in [5.74, 6) is -1.31. The minimum Gasteiger partial charge on any atom is -0.476 e. The maximum absolute atomic E-state index is 12.8. The number of hydrogen-bond donors (Lipinski definition) is 1. The van der Waals surface area contributed by atoms with Crippen molar-refractivity contribution in [3.63, 3.8) is 0 Å². The van der Waals surface area contributed by atoms with Gasteiger partial charge in [-0.1, -0.05) is 30.3 Å². The van der Waals surface area contributed by atoms with Gasteiger partial charge in [-0.25, -0.2) is 14.8 Å². The minimum absolute atomic E-state index is 0.136. The molecule has 4 rings (SSSR count). The van der Waals surface area contributed by atoms with E-state index in [2.05, 4.69) is 39.1 Å². The molecule has 2 aromatic rings. The highest BCUT2D eigenvalue weighted by Gasteiger charge is 2.43. The highest BCUT2D eigenvalue weighted by Crippen LogP contribution is 2.39. The van der Waals surface area contributed by atoms with Crippen LogP contribution in [-0.4, -0.2) is 62.9 Å². The predicted octanol–water partition coefficient (Wildman–Crippen LogP) is 2.30. The summed E-state index contributed by atoms with van der Waals surface area (Å²) in [5.41, 5.74) is 1.51. The highest BCUT2D eigenvalue weighted by molar-refractivity contribution is 5.93. The summed E-state index contributed by atoms with van der Waals surface area (Å²) >= 11 is 0. The largest absolute Gasteiger partial charge is 0.476 e. The van der Waals surface area contributed by atoms with Crippen LogP contribution >= 0.6 is 0 Å². The van der Waals surface area contributed by atoms with Crippen LogP contribution in [0.15, 0.2) is 42.7 Å². The summed E-state index contributed by atoms with van der Waals surface area (Å²) in [6, 6.07) is 10.5. The van der Waals surface area contributed by atoms with E-state index in [1.807, 2.05) is 11.0 Å². The zero-order chi connectivity index (χ0) is 19.6. The molecule has 3 heterocycles. The van der Waals surface area contributed by atoms with Gasteiger partial charge >= 0.3 is 5.97 Å². The van der Waals surface area contributed by atoms with Crippen molar-refractivity contribution < 1.29 is 14.7 Å². The molecule has 0 saturated carbocycles. The third kappa shape index (κ3) is 3.89. The average molecular weight is 380 g/mol. The molecule has 1 amide bonds. The van der Waals surface area contributed by atoms with Gasteiger partial charge < -0.3 is 10.0 Å². The number of carboxylic acid groups (broad SMARTS) is 1. The zero-order valence-corrected chi connectivity index (χ0v) is 15.8. The summed E-state index contributed by atoms with van der Waals surface area (Å²) in [7, 11) is 0. The molecule has 1 aromatic carbocycles. The Morgan fingerprint density at radius 3 is 2.46 bits per heavy atom. The first-order valence-electron chi connectivity index (χ1n) is 9.66. The maximum atomic E-state index is 12.8. The molecule has 146 valence electrons. The molecule has 7 nitrogen and oxygen atoms in total. The first-order chi connectivity index (χ1) is 13.5. The monoisotopic (exact) mass is 380 g/mol. The van der Waals surface area contributed by atoms with Gasteiger partial charge in [0.15, 0.2) is 5.69 Å². The molecule has 2 aliphatic rings. The maximum Gasteiger partial charge on any atom is 0.356 e. The lowest BCUT2D eigenvalue weighted by Gasteiger charge is -2.40. The van der Waals surface area contributed by atoms with Crippen molar-refractivity contribution in [1.29, 1.82) is 0 Å². The van der Waals surface area contributed by atoms with Crippen molar-refractivity contribution in [2.45, 2.75) is 25.8 Å². The predicted molar refractivity (Wildman–Crippen MR) is 103 cm³/mol. The van der Waals surface area contributed by atoms with Crippen LogP contribution in [0, 0.1) is 5.41 Å². The van der Waals surface area contributed by atoms with E-state index in [0.717, 1.165) is 51.6 Å². The van der Waals surface area contributed by atoms with Crippen LogP contribution < -0.4 is 0 Å². The lowest BCUT2D eigenvalue weighted by Crippen LogP contribution is -2.45.